The van der Waals surface area contributed by atoms with Crippen LogP contribution in [0.4, 0.5) is 0 Å². The summed E-state index contributed by atoms with van der Waals surface area (Å²) < 4.78 is 6.41. The number of rotatable bonds is 2. The van der Waals surface area contributed by atoms with Crippen LogP contribution in [0.5, 0.6) is 0 Å². The van der Waals surface area contributed by atoms with Crippen LogP contribution in [0.2, 0.25) is 0 Å². The van der Waals surface area contributed by atoms with E-state index in [1.165, 1.54) is 5.56 Å². The number of hydrogen-bond donors (Lipinski definition) is 0. The lowest BCUT2D eigenvalue weighted by molar-refractivity contribution is 0.0641. The third-order valence-electron chi connectivity index (χ3n) is 2.55. The van der Waals surface area contributed by atoms with Gasteiger partial charge in [-0.1, -0.05) is 34.6 Å². The Morgan fingerprint density at radius 2 is 2.07 bits per heavy atom. The molecule has 0 atom stereocenters. The van der Waals surface area contributed by atoms with E-state index < -0.39 is 0 Å². The Hall–Kier alpha value is -0.800. The van der Waals surface area contributed by atoms with E-state index in [0.717, 1.165) is 36.5 Å². The lowest BCUT2D eigenvalue weighted by atomic mass is 10.1. The van der Waals surface area contributed by atoms with Gasteiger partial charge >= 0.3 is 0 Å². The molecule has 1 aromatic rings. The van der Waals surface area contributed by atoms with Crippen molar-refractivity contribution in [1.29, 1.82) is 0 Å². The number of morpholine rings is 1. The summed E-state index contributed by atoms with van der Waals surface area (Å²) in [7, 11) is 0. The molecule has 0 spiro atoms. The maximum absolute atomic E-state index is 5.32. The van der Waals surface area contributed by atoms with Gasteiger partial charge in [0.05, 0.1) is 13.2 Å². The van der Waals surface area contributed by atoms with E-state index >= 15 is 0 Å². The zero-order valence-corrected chi connectivity index (χ0v) is 10.2. The average molecular weight is 268 g/mol. The molecule has 15 heavy (non-hydrogen) atoms. The van der Waals surface area contributed by atoms with Gasteiger partial charge in [0.25, 0.3) is 0 Å². The molecule has 0 aromatic heterocycles. The van der Waals surface area contributed by atoms with E-state index in [0.29, 0.717) is 0 Å². The molecule has 0 bridgehead atoms. The summed E-state index contributed by atoms with van der Waals surface area (Å²) in [6.07, 6.45) is 0. The SMILES string of the molecule is C=C(c1cccc(Br)c1)N1CCOCC1. The average Bonchev–Trinajstić information content (AvgIpc) is 2.29. The van der Waals surface area contributed by atoms with Crippen molar-refractivity contribution < 1.29 is 4.74 Å². The predicted molar refractivity (Wildman–Crippen MR) is 65.6 cm³/mol. The third-order valence-corrected chi connectivity index (χ3v) is 3.04. The Bertz CT molecular complexity index is 358. The Labute approximate surface area is 98.7 Å². The Morgan fingerprint density at radius 3 is 2.73 bits per heavy atom. The molecule has 1 aliphatic heterocycles. The topological polar surface area (TPSA) is 12.5 Å². The summed E-state index contributed by atoms with van der Waals surface area (Å²) in [6.45, 7) is 7.61. The number of hydrogen-bond acceptors (Lipinski definition) is 2. The summed E-state index contributed by atoms with van der Waals surface area (Å²) >= 11 is 3.47. The Kier molecular flexibility index (Phi) is 3.44. The highest BCUT2D eigenvalue weighted by atomic mass is 79.9. The van der Waals surface area contributed by atoms with Crippen molar-refractivity contribution in [2.24, 2.45) is 0 Å². The Morgan fingerprint density at radius 1 is 1.33 bits per heavy atom. The standard InChI is InChI=1S/C12H14BrNO/c1-10(14-5-7-15-8-6-14)11-3-2-4-12(13)9-11/h2-4,9H,1,5-8H2. The summed E-state index contributed by atoms with van der Waals surface area (Å²) in [5.41, 5.74) is 2.26. The molecule has 0 amide bonds. The fourth-order valence-electron chi connectivity index (χ4n) is 1.68. The van der Waals surface area contributed by atoms with Gasteiger partial charge in [0.2, 0.25) is 0 Å². The van der Waals surface area contributed by atoms with Crippen LogP contribution in [-0.4, -0.2) is 31.2 Å². The summed E-state index contributed by atoms with van der Waals surface area (Å²) in [5.74, 6) is 0. The second-order valence-electron chi connectivity index (χ2n) is 3.56. The second kappa shape index (κ2) is 4.81. The normalized spacial score (nSPS) is 16.5. The van der Waals surface area contributed by atoms with E-state index in [9.17, 15) is 0 Å². The smallest absolute Gasteiger partial charge is 0.0642 e. The first-order valence-corrected chi connectivity index (χ1v) is 5.84. The molecule has 2 rings (SSSR count). The van der Waals surface area contributed by atoms with Gasteiger partial charge in [-0.3, -0.25) is 0 Å². The molecule has 1 saturated heterocycles. The van der Waals surface area contributed by atoms with Crippen molar-refractivity contribution in [2.45, 2.75) is 0 Å². The predicted octanol–water partition coefficient (Wildman–Crippen LogP) is 2.75. The second-order valence-corrected chi connectivity index (χ2v) is 4.47. The molecule has 1 aliphatic rings. The van der Waals surface area contributed by atoms with Gasteiger partial charge < -0.3 is 9.64 Å². The molecule has 2 nitrogen and oxygen atoms in total. The van der Waals surface area contributed by atoms with Crippen molar-refractivity contribution in [2.75, 3.05) is 26.3 Å². The zero-order chi connectivity index (χ0) is 10.7. The van der Waals surface area contributed by atoms with E-state index in [1.807, 2.05) is 12.1 Å². The number of ether oxygens (including phenoxy) is 1. The molecule has 80 valence electrons. The quantitative estimate of drug-likeness (QED) is 0.817. The first kappa shape index (κ1) is 10.7. The van der Waals surface area contributed by atoms with Crippen molar-refractivity contribution in [3.63, 3.8) is 0 Å². The van der Waals surface area contributed by atoms with Crippen molar-refractivity contribution in [1.82, 2.24) is 4.90 Å². The molecular formula is C12H14BrNO. The van der Waals surface area contributed by atoms with E-state index in [-0.39, 0.29) is 0 Å². The molecule has 3 heteroatoms. The maximum atomic E-state index is 5.32. The van der Waals surface area contributed by atoms with Gasteiger partial charge in [0, 0.05) is 23.3 Å². The van der Waals surface area contributed by atoms with Crippen LogP contribution in [0.1, 0.15) is 5.56 Å². The number of halogens is 1. The summed E-state index contributed by atoms with van der Waals surface area (Å²) in [4.78, 5) is 2.27. The number of nitrogens with zero attached hydrogens (tertiary/aromatic N) is 1. The van der Waals surface area contributed by atoms with Crippen LogP contribution < -0.4 is 0 Å². The monoisotopic (exact) mass is 267 g/mol. The zero-order valence-electron chi connectivity index (χ0n) is 8.58. The molecule has 0 N–H and O–H groups in total. The van der Waals surface area contributed by atoms with E-state index in [1.54, 1.807) is 0 Å². The fourth-order valence-corrected chi connectivity index (χ4v) is 2.08. The highest BCUT2D eigenvalue weighted by Crippen LogP contribution is 2.21. The lowest BCUT2D eigenvalue weighted by Crippen LogP contribution is -2.34. The molecule has 0 radical (unpaired) electrons. The van der Waals surface area contributed by atoms with Crippen molar-refractivity contribution in [3.8, 4) is 0 Å². The minimum absolute atomic E-state index is 0.799. The Balaban J connectivity index is 2.12. The van der Waals surface area contributed by atoms with Crippen molar-refractivity contribution >= 4 is 21.6 Å². The molecule has 1 heterocycles. The van der Waals surface area contributed by atoms with E-state index in [4.69, 9.17) is 4.74 Å². The van der Waals surface area contributed by atoms with Crippen LogP contribution in [-0.2, 0) is 4.74 Å². The van der Waals surface area contributed by atoms with Crippen LogP contribution in [0, 0.1) is 0 Å². The molecular weight excluding hydrogens is 254 g/mol. The van der Waals surface area contributed by atoms with E-state index in [2.05, 4.69) is 39.5 Å². The number of benzene rings is 1. The highest BCUT2D eigenvalue weighted by Gasteiger charge is 2.13. The van der Waals surface area contributed by atoms with Crippen molar-refractivity contribution in [3.05, 3.63) is 40.9 Å². The summed E-state index contributed by atoms with van der Waals surface area (Å²) in [5, 5.41) is 0. The van der Waals surface area contributed by atoms with Crippen LogP contribution >= 0.6 is 15.9 Å². The van der Waals surface area contributed by atoms with Gasteiger partial charge in [-0.25, -0.2) is 0 Å². The minimum atomic E-state index is 0.799. The van der Waals surface area contributed by atoms with Gasteiger partial charge in [-0.2, -0.15) is 0 Å². The van der Waals surface area contributed by atoms with Gasteiger partial charge in [-0.15, -0.1) is 0 Å². The first-order valence-electron chi connectivity index (χ1n) is 5.05. The lowest BCUT2D eigenvalue weighted by Gasteiger charge is -2.30. The molecule has 0 aliphatic carbocycles. The molecule has 1 fully saturated rings. The maximum Gasteiger partial charge on any atom is 0.0642 e. The highest BCUT2D eigenvalue weighted by molar-refractivity contribution is 9.10. The van der Waals surface area contributed by atoms with Crippen LogP contribution in [0.3, 0.4) is 0 Å². The third kappa shape index (κ3) is 2.61. The molecule has 0 saturated carbocycles. The van der Waals surface area contributed by atoms with Gasteiger partial charge in [0.15, 0.2) is 0 Å². The minimum Gasteiger partial charge on any atom is -0.378 e. The van der Waals surface area contributed by atoms with Crippen LogP contribution in [0.15, 0.2) is 35.3 Å². The first-order chi connectivity index (χ1) is 7.27. The van der Waals surface area contributed by atoms with Gasteiger partial charge in [0.1, 0.15) is 0 Å². The van der Waals surface area contributed by atoms with Crippen LogP contribution in [0.25, 0.3) is 5.70 Å². The largest absolute Gasteiger partial charge is 0.378 e. The molecule has 1 aromatic carbocycles. The molecule has 0 unspecified atom stereocenters. The fraction of sp³-hybridized carbons (Fsp3) is 0.333. The van der Waals surface area contributed by atoms with Gasteiger partial charge in [-0.05, 0) is 17.7 Å². The summed E-state index contributed by atoms with van der Waals surface area (Å²) in [6, 6.07) is 8.24.